The molecule has 0 atom stereocenters. The summed E-state index contributed by atoms with van der Waals surface area (Å²) in [6.07, 6.45) is -1.53. The highest BCUT2D eigenvalue weighted by atomic mass is 35.5. The maximum Gasteiger partial charge on any atom is 0.333 e. The van der Waals surface area contributed by atoms with Gasteiger partial charge >= 0.3 is 10.2 Å². The summed E-state index contributed by atoms with van der Waals surface area (Å²) in [6.45, 7) is 0. The minimum atomic E-state index is -4.97. The lowest BCUT2D eigenvalue weighted by Gasteiger charge is -2.25. The average molecular weight is 329 g/mol. The smallest absolute Gasteiger partial charge is 0.333 e. The predicted octanol–water partition coefficient (Wildman–Crippen LogP) is 2.48. The van der Waals surface area contributed by atoms with Gasteiger partial charge in [-0.05, 0) is 30.3 Å². The van der Waals surface area contributed by atoms with E-state index in [-0.39, 0.29) is 11.4 Å². The number of anilines is 2. The third kappa shape index (κ3) is 3.32. The molecule has 0 saturated heterocycles. The number of nitrogens with zero attached hydrogens (tertiary/aromatic N) is 1. The summed E-state index contributed by atoms with van der Waals surface area (Å²) in [5.74, 6) is 0. The van der Waals surface area contributed by atoms with Crippen LogP contribution in [0.1, 0.15) is 0 Å². The van der Waals surface area contributed by atoms with Gasteiger partial charge in [0.1, 0.15) is 11.0 Å². The molecule has 2 aromatic carbocycles. The zero-order chi connectivity index (χ0) is 15.6. The summed E-state index contributed by atoms with van der Waals surface area (Å²) < 4.78 is 34.6. The molecule has 0 aromatic heterocycles. The van der Waals surface area contributed by atoms with Gasteiger partial charge in [0.15, 0.2) is 0 Å². The van der Waals surface area contributed by atoms with E-state index in [1.807, 2.05) is 0 Å². The van der Waals surface area contributed by atoms with Crippen molar-refractivity contribution in [3.63, 3.8) is 0 Å². The summed E-state index contributed by atoms with van der Waals surface area (Å²) in [7, 11) is -4.97. The minimum absolute atomic E-state index is 0.0404. The molecule has 110 valence electrons. The number of halogens is 2. The average Bonchev–Trinajstić information content (AvgIpc) is 2.38. The van der Waals surface area contributed by atoms with Crippen LogP contribution in [0.25, 0.3) is 0 Å². The van der Waals surface area contributed by atoms with E-state index in [4.69, 9.17) is 11.6 Å². The fraction of sp³-hybridized carbons (Fsp3) is 0. The number of hydrogen-bond donors (Lipinski definition) is 0. The quantitative estimate of drug-likeness (QED) is 0.811. The number of carboxylic acid groups (broad SMARTS) is 1. The van der Waals surface area contributed by atoms with Crippen LogP contribution in [0, 0.1) is 0 Å². The highest BCUT2D eigenvalue weighted by Gasteiger charge is 2.19. The number of hydrogen-bond acceptors (Lipinski definition) is 4. The van der Waals surface area contributed by atoms with Crippen molar-refractivity contribution in [2.45, 2.75) is 4.90 Å². The van der Waals surface area contributed by atoms with Crippen molar-refractivity contribution < 1.29 is 22.2 Å². The molecule has 2 aromatic rings. The Hall–Kier alpha value is -2.12. The molecule has 0 saturated carbocycles. The van der Waals surface area contributed by atoms with Gasteiger partial charge in [0, 0.05) is 11.4 Å². The Morgan fingerprint density at radius 3 is 2.19 bits per heavy atom. The van der Waals surface area contributed by atoms with Crippen LogP contribution >= 0.6 is 11.6 Å². The van der Waals surface area contributed by atoms with Crippen LogP contribution in [0.3, 0.4) is 0 Å². The SMILES string of the molecule is O=C([O-])N(c1ccccc1)c1ccc(S(=O)(=O)F)c(Cl)c1. The van der Waals surface area contributed by atoms with Crippen molar-refractivity contribution in [3.05, 3.63) is 53.6 Å². The first kappa shape index (κ1) is 15.3. The summed E-state index contributed by atoms with van der Waals surface area (Å²) >= 11 is 5.69. The number of benzene rings is 2. The lowest BCUT2D eigenvalue weighted by atomic mass is 10.2. The molecule has 1 amide bonds. The molecule has 21 heavy (non-hydrogen) atoms. The molecular weight excluding hydrogens is 321 g/mol. The van der Waals surface area contributed by atoms with Crippen LogP contribution in [-0.4, -0.2) is 14.5 Å². The highest BCUT2D eigenvalue weighted by Crippen LogP contribution is 2.31. The Kier molecular flexibility index (Phi) is 4.15. The number of para-hydroxylation sites is 1. The Labute approximate surface area is 125 Å². The standard InChI is InChI=1S/C13H9ClFNO4S/c14-11-8-10(6-7-12(11)21(15,19)20)16(13(17)18)9-4-2-1-3-5-9/h1-8H,(H,17,18)/p-1. The number of amides is 1. The second kappa shape index (κ2) is 5.71. The van der Waals surface area contributed by atoms with Gasteiger partial charge in [-0.15, -0.1) is 3.89 Å². The number of rotatable bonds is 3. The maximum absolute atomic E-state index is 12.9. The van der Waals surface area contributed by atoms with Crippen LogP contribution in [-0.2, 0) is 10.2 Å². The van der Waals surface area contributed by atoms with Crippen molar-refractivity contribution in [1.82, 2.24) is 0 Å². The van der Waals surface area contributed by atoms with Crippen LogP contribution in [0.4, 0.5) is 20.1 Å². The fourth-order valence-corrected chi connectivity index (χ4v) is 2.74. The molecule has 0 N–H and O–H groups in total. The first-order valence-electron chi connectivity index (χ1n) is 5.61. The molecule has 0 aliphatic carbocycles. The Morgan fingerprint density at radius 1 is 1.10 bits per heavy atom. The molecule has 0 spiro atoms. The first-order chi connectivity index (χ1) is 9.80. The van der Waals surface area contributed by atoms with Gasteiger partial charge in [0.2, 0.25) is 0 Å². The number of carbonyl (C=O) groups is 1. The first-order valence-corrected chi connectivity index (χ1v) is 7.37. The van der Waals surface area contributed by atoms with Crippen molar-refractivity contribution in [2.24, 2.45) is 0 Å². The zero-order valence-electron chi connectivity index (χ0n) is 10.4. The second-order valence-corrected chi connectivity index (χ2v) is 5.71. The van der Waals surface area contributed by atoms with E-state index in [2.05, 4.69) is 0 Å². The Morgan fingerprint density at radius 2 is 1.71 bits per heavy atom. The molecule has 8 heteroatoms. The Balaban J connectivity index is 2.54. The summed E-state index contributed by atoms with van der Waals surface area (Å²) in [4.78, 5) is 11.3. The highest BCUT2D eigenvalue weighted by molar-refractivity contribution is 7.86. The van der Waals surface area contributed by atoms with Gasteiger partial charge in [-0.3, -0.25) is 4.90 Å². The fourth-order valence-electron chi connectivity index (χ4n) is 1.76. The van der Waals surface area contributed by atoms with E-state index in [0.29, 0.717) is 0 Å². The van der Waals surface area contributed by atoms with Crippen molar-refractivity contribution in [3.8, 4) is 0 Å². The van der Waals surface area contributed by atoms with Gasteiger partial charge in [0.25, 0.3) is 0 Å². The van der Waals surface area contributed by atoms with Gasteiger partial charge in [-0.1, -0.05) is 29.8 Å². The molecule has 0 fully saturated rings. The van der Waals surface area contributed by atoms with E-state index in [1.54, 1.807) is 18.2 Å². The molecule has 0 bridgehead atoms. The normalized spacial score (nSPS) is 11.1. The molecule has 0 radical (unpaired) electrons. The molecular formula is C13H8ClFNO4S-. The van der Waals surface area contributed by atoms with E-state index >= 15 is 0 Å². The van der Waals surface area contributed by atoms with Crippen molar-refractivity contribution >= 4 is 39.3 Å². The molecule has 0 aliphatic rings. The number of carbonyl (C=O) groups excluding carboxylic acids is 1. The molecule has 0 unspecified atom stereocenters. The third-order valence-electron chi connectivity index (χ3n) is 2.63. The maximum atomic E-state index is 12.9. The Bertz CT molecular complexity index is 780. The summed E-state index contributed by atoms with van der Waals surface area (Å²) in [5, 5.41) is 10.9. The molecule has 0 heterocycles. The van der Waals surface area contributed by atoms with Gasteiger partial charge in [-0.25, -0.2) is 0 Å². The van der Waals surface area contributed by atoms with E-state index < -0.39 is 26.2 Å². The van der Waals surface area contributed by atoms with E-state index in [1.165, 1.54) is 12.1 Å². The van der Waals surface area contributed by atoms with Gasteiger partial charge in [-0.2, -0.15) is 8.42 Å². The van der Waals surface area contributed by atoms with Crippen LogP contribution in [0.15, 0.2) is 53.4 Å². The molecule has 5 nitrogen and oxygen atoms in total. The summed E-state index contributed by atoms with van der Waals surface area (Å²) in [5.41, 5.74) is 0.322. The van der Waals surface area contributed by atoms with Crippen molar-refractivity contribution in [2.75, 3.05) is 4.90 Å². The lowest BCUT2D eigenvalue weighted by Crippen LogP contribution is -2.37. The van der Waals surface area contributed by atoms with Crippen molar-refractivity contribution in [1.29, 1.82) is 0 Å². The second-order valence-electron chi connectivity index (χ2n) is 3.99. The largest absolute Gasteiger partial charge is 0.529 e. The van der Waals surface area contributed by atoms with E-state index in [9.17, 15) is 22.2 Å². The van der Waals surface area contributed by atoms with Crippen LogP contribution < -0.4 is 10.0 Å². The third-order valence-corrected chi connectivity index (χ3v) is 3.94. The lowest BCUT2D eigenvalue weighted by molar-refractivity contribution is -0.245. The van der Waals surface area contributed by atoms with Crippen LogP contribution in [0.5, 0.6) is 0 Å². The zero-order valence-corrected chi connectivity index (χ0v) is 11.9. The predicted molar refractivity (Wildman–Crippen MR) is 73.7 cm³/mol. The minimum Gasteiger partial charge on any atom is -0.529 e. The van der Waals surface area contributed by atoms with E-state index in [0.717, 1.165) is 23.1 Å². The monoisotopic (exact) mass is 328 g/mol. The molecule has 2 rings (SSSR count). The van der Waals surface area contributed by atoms with Gasteiger partial charge < -0.3 is 9.90 Å². The van der Waals surface area contributed by atoms with Crippen LogP contribution in [0.2, 0.25) is 5.02 Å². The van der Waals surface area contributed by atoms with Gasteiger partial charge in [0.05, 0.1) is 5.02 Å². The summed E-state index contributed by atoms with van der Waals surface area (Å²) in [6, 6.07) is 11.0. The molecule has 0 aliphatic heterocycles. The topological polar surface area (TPSA) is 77.5 Å².